The van der Waals surface area contributed by atoms with Gasteiger partial charge in [0.2, 0.25) is 0 Å². The van der Waals surface area contributed by atoms with Crippen LogP contribution >= 0.6 is 0 Å². The number of fused-ring (bicyclic) bond motifs is 1. The number of oxazole rings is 1. The van der Waals surface area contributed by atoms with E-state index in [1.807, 2.05) is 0 Å². The Morgan fingerprint density at radius 1 is 1.00 bits per heavy atom. The van der Waals surface area contributed by atoms with Gasteiger partial charge in [0.25, 0.3) is 11.8 Å². The first-order valence-electron chi connectivity index (χ1n) is 8.35. The van der Waals surface area contributed by atoms with Gasteiger partial charge >= 0.3 is 5.76 Å². The van der Waals surface area contributed by atoms with Crippen LogP contribution in [0, 0.1) is 0 Å². The number of piperazine rings is 1. The molecule has 0 bridgehead atoms. The summed E-state index contributed by atoms with van der Waals surface area (Å²) in [5.74, 6) is -0.626. The van der Waals surface area contributed by atoms with E-state index in [1.165, 1.54) is 4.57 Å². The standard InChI is InChI=1S/C18H18N4O4/c1-20-14-3-2-12(10-15(14)26-18(20)25)16(23)21-6-8-22(9-7-21)17(24)13-4-5-19-11-13/h2-5,10-11,19H,6-9H2,1H3. The molecule has 8 heteroatoms. The van der Waals surface area contributed by atoms with Crippen molar-refractivity contribution < 1.29 is 14.0 Å². The van der Waals surface area contributed by atoms with Gasteiger partial charge in [-0.05, 0) is 24.3 Å². The number of hydrogen-bond acceptors (Lipinski definition) is 4. The van der Waals surface area contributed by atoms with Gasteiger partial charge in [-0.2, -0.15) is 0 Å². The Kier molecular flexibility index (Phi) is 3.87. The quantitative estimate of drug-likeness (QED) is 0.745. The zero-order valence-electron chi connectivity index (χ0n) is 14.3. The third-order valence-corrected chi connectivity index (χ3v) is 4.74. The van der Waals surface area contributed by atoms with Crippen molar-refractivity contribution in [1.82, 2.24) is 19.4 Å². The van der Waals surface area contributed by atoms with Gasteiger partial charge in [0.1, 0.15) is 0 Å². The predicted molar refractivity (Wildman–Crippen MR) is 94.1 cm³/mol. The Morgan fingerprint density at radius 2 is 1.65 bits per heavy atom. The normalized spacial score (nSPS) is 14.8. The Morgan fingerprint density at radius 3 is 2.27 bits per heavy atom. The molecule has 2 amide bonds. The fourth-order valence-electron chi connectivity index (χ4n) is 3.20. The van der Waals surface area contributed by atoms with E-state index < -0.39 is 5.76 Å². The van der Waals surface area contributed by atoms with Gasteiger partial charge in [-0.25, -0.2) is 4.79 Å². The summed E-state index contributed by atoms with van der Waals surface area (Å²) in [4.78, 5) is 43.0. The van der Waals surface area contributed by atoms with E-state index in [2.05, 4.69) is 4.98 Å². The highest BCUT2D eigenvalue weighted by Gasteiger charge is 2.26. The Balaban J connectivity index is 1.46. The molecule has 0 atom stereocenters. The first-order valence-corrected chi connectivity index (χ1v) is 8.35. The monoisotopic (exact) mass is 354 g/mol. The first-order chi connectivity index (χ1) is 12.5. The number of rotatable bonds is 2. The van der Waals surface area contributed by atoms with E-state index in [9.17, 15) is 14.4 Å². The highest BCUT2D eigenvalue weighted by Crippen LogP contribution is 2.17. The van der Waals surface area contributed by atoms with Crippen LogP contribution in [0.4, 0.5) is 0 Å². The number of carbonyl (C=O) groups excluding carboxylic acids is 2. The Bertz CT molecular complexity index is 1020. The lowest BCUT2D eigenvalue weighted by Crippen LogP contribution is -2.50. The summed E-state index contributed by atoms with van der Waals surface area (Å²) >= 11 is 0. The van der Waals surface area contributed by atoms with Crippen LogP contribution in [0.5, 0.6) is 0 Å². The maximum Gasteiger partial charge on any atom is 0.419 e. The van der Waals surface area contributed by atoms with Crippen LogP contribution in [0.25, 0.3) is 11.1 Å². The molecule has 1 aliphatic rings. The fourth-order valence-corrected chi connectivity index (χ4v) is 3.20. The fraction of sp³-hybridized carbons (Fsp3) is 0.278. The third-order valence-electron chi connectivity index (χ3n) is 4.74. The maximum absolute atomic E-state index is 12.7. The lowest BCUT2D eigenvalue weighted by atomic mass is 10.1. The van der Waals surface area contributed by atoms with E-state index in [0.717, 1.165) is 0 Å². The van der Waals surface area contributed by atoms with Crippen molar-refractivity contribution in [3.63, 3.8) is 0 Å². The van der Waals surface area contributed by atoms with Crippen molar-refractivity contribution >= 4 is 22.9 Å². The molecular weight excluding hydrogens is 336 g/mol. The molecule has 0 aliphatic carbocycles. The van der Waals surface area contributed by atoms with Crippen molar-refractivity contribution in [2.75, 3.05) is 26.2 Å². The van der Waals surface area contributed by atoms with Crippen LogP contribution < -0.4 is 5.76 Å². The highest BCUT2D eigenvalue weighted by molar-refractivity contribution is 5.97. The highest BCUT2D eigenvalue weighted by atomic mass is 16.4. The molecule has 0 radical (unpaired) electrons. The van der Waals surface area contributed by atoms with Crippen LogP contribution in [0.1, 0.15) is 20.7 Å². The molecule has 0 saturated carbocycles. The van der Waals surface area contributed by atoms with Gasteiger partial charge < -0.3 is 19.2 Å². The summed E-state index contributed by atoms with van der Waals surface area (Å²) in [6.07, 6.45) is 3.38. The van der Waals surface area contributed by atoms with E-state index in [4.69, 9.17) is 4.42 Å². The van der Waals surface area contributed by atoms with Crippen molar-refractivity contribution in [1.29, 1.82) is 0 Å². The topological polar surface area (TPSA) is 91.6 Å². The van der Waals surface area contributed by atoms with Crippen LogP contribution in [0.15, 0.2) is 45.9 Å². The average molecular weight is 354 g/mol. The lowest BCUT2D eigenvalue weighted by molar-refractivity contribution is 0.0535. The number of nitrogens with zero attached hydrogens (tertiary/aromatic N) is 3. The largest absolute Gasteiger partial charge is 0.419 e. The maximum atomic E-state index is 12.7. The van der Waals surface area contributed by atoms with Crippen LogP contribution in [0.3, 0.4) is 0 Å². The van der Waals surface area contributed by atoms with Crippen molar-refractivity contribution in [3.05, 3.63) is 58.3 Å². The van der Waals surface area contributed by atoms with E-state index in [1.54, 1.807) is 53.5 Å². The number of nitrogens with one attached hydrogen (secondary N) is 1. The molecule has 1 saturated heterocycles. The summed E-state index contributed by atoms with van der Waals surface area (Å²) in [6.45, 7) is 1.90. The van der Waals surface area contributed by atoms with Crippen LogP contribution in [-0.4, -0.2) is 57.3 Å². The third kappa shape index (κ3) is 2.69. The first kappa shape index (κ1) is 16.2. The van der Waals surface area contributed by atoms with Gasteiger partial charge in [-0.15, -0.1) is 0 Å². The molecule has 3 heterocycles. The summed E-state index contributed by atoms with van der Waals surface area (Å²) < 4.78 is 6.55. The summed E-state index contributed by atoms with van der Waals surface area (Å²) in [5, 5.41) is 0. The molecule has 1 aliphatic heterocycles. The number of aromatic nitrogens is 2. The summed E-state index contributed by atoms with van der Waals surface area (Å²) in [6, 6.07) is 6.73. The number of aromatic amines is 1. The molecule has 1 N–H and O–H groups in total. The van der Waals surface area contributed by atoms with Gasteiger partial charge in [0.15, 0.2) is 5.58 Å². The Labute approximate surface area is 148 Å². The van der Waals surface area contributed by atoms with E-state index in [-0.39, 0.29) is 11.8 Å². The van der Waals surface area contributed by atoms with Crippen LogP contribution in [-0.2, 0) is 7.05 Å². The van der Waals surface area contributed by atoms with Crippen LogP contribution in [0.2, 0.25) is 0 Å². The Hall–Kier alpha value is -3.29. The number of aryl methyl sites for hydroxylation is 1. The molecule has 26 heavy (non-hydrogen) atoms. The molecule has 0 spiro atoms. The zero-order valence-corrected chi connectivity index (χ0v) is 14.3. The number of amides is 2. The second-order valence-electron chi connectivity index (χ2n) is 6.29. The lowest BCUT2D eigenvalue weighted by Gasteiger charge is -2.34. The summed E-state index contributed by atoms with van der Waals surface area (Å²) in [7, 11) is 1.62. The van der Waals surface area contributed by atoms with Crippen molar-refractivity contribution in [3.8, 4) is 0 Å². The molecule has 134 valence electrons. The minimum absolute atomic E-state index is 0.0363. The number of benzene rings is 1. The number of hydrogen-bond donors (Lipinski definition) is 1. The number of H-pyrrole nitrogens is 1. The predicted octanol–water partition coefficient (Wildman–Crippen LogP) is 1.06. The van der Waals surface area contributed by atoms with Crippen molar-refractivity contribution in [2.24, 2.45) is 7.05 Å². The molecule has 4 rings (SSSR count). The van der Waals surface area contributed by atoms with Gasteiger partial charge in [0.05, 0.1) is 11.1 Å². The molecule has 8 nitrogen and oxygen atoms in total. The molecule has 3 aromatic rings. The average Bonchev–Trinajstić information content (AvgIpc) is 3.29. The van der Waals surface area contributed by atoms with Gasteiger partial charge in [-0.1, -0.05) is 0 Å². The molecule has 2 aromatic heterocycles. The second-order valence-corrected chi connectivity index (χ2v) is 6.29. The molecule has 0 unspecified atom stereocenters. The second kappa shape index (κ2) is 6.21. The molecular formula is C18H18N4O4. The van der Waals surface area contributed by atoms with E-state index in [0.29, 0.717) is 48.4 Å². The number of carbonyl (C=O) groups is 2. The minimum Gasteiger partial charge on any atom is -0.408 e. The smallest absolute Gasteiger partial charge is 0.408 e. The van der Waals surface area contributed by atoms with Gasteiger partial charge in [0, 0.05) is 51.2 Å². The summed E-state index contributed by atoms with van der Waals surface area (Å²) in [5.41, 5.74) is 2.13. The minimum atomic E-state index is -0.457. The molecule has 1 fully saturated rings. The van der Waals surface area contributed by atoms with Crippen molar-refractivity contribution in [2.45, 2.75) is 0 Å². The zero-order chi connectivity index (χ0) is 18.3. The van der Waals surface area contributed by atoms with Gasteiger partial charge in [-0.3, -0.25) is 14.2 Å². The molecule has 1 aromatic carbocycles. The van der Waals surface area contributed by atoms with E-state index >= 15 is 0 Å². The SMILES string of the molecule is Cn1c(=O)oc2cc(C(=O)N3CCN(C(=O)c4cc[nH]c4)CC3)ccc21.